The number of amides is 1. The second-order valence-corrected chi connectivity index (χ2v) is 7.48. The Morgan fingerprint density at radius 3 is 2.90 bits per heavy atom. The minimum absolute atomic E-state index is 0.115. The molecular formula is C22H23FN4O3. The zero-order chi connectivity index (χ0) is 21.3. The largest absolute Gasteiger partial charge is 0.496 e. The number of fused-ring (bicyclic) bond motifs is 1. The van der Waals surface area contributed by atoms with Crippen LogP contribution in [0.2, 0.25) is 0 Å². The zero-order valence-corrected chi connectivity index (χ0v) is 16.9. The van der Waals surface area contributed by atoms with Gasteiger partial charge in [-0.15, -0.1) is 10.2 Å². The van der Waals surface area contributed by atoms with Crippen molar-refractivity contribution >= 4 is 22.7 Å². The number of piperidine rings is 1. The minimum Gasteiger partial charge on any atom is -0.496 e. The molecule has 4 rings (SSSR count). The minimum atomic E-state index is -0.940. The molecule has 30 heavy (non-hydrogen) atoms. The van der Waals surface area contributed by atoms with Crippen LogP contribution in [0.15, 0.2) is 36.4 Å². The number of benzene rings is 2. The molecule has 156 valence electrons. The molecular weight excluding hydrogens is 387 g/mol. The summed E-state index contributed by atoms with van der Waals surface area (Å²) in [6.07, 6.45) is 0.614. The molecule has 2 heterocycles. The van der Waals surface area contributed by atoms with Gasteiger partial charge >= 0.3 is 6.09 Å². The Hall–Kier alpha value is -3.42. The van der Waals surface area contributed by atoms with E-state index in [0.717, 1.165) is 18.4 Å². The molecule has 1 fully saturated rings. The van der Waals surface area contributed by atoms with Gasteiger partial charge in [-0.1, -0.05) is 18.2 Å². The van der Waals surface area contributed by atoms with Crippen molar-refractivity contribution in [3.63, 3.8) is 0 Å². The topological polar surface area (TPSA) is 87.6 Å². The molecule has 7 nitrogen and oxygen atoms in total. The van der Waals surface area contributed by atoms with E-state index in [0.29, 0.717) is 46.7 Å². The highest BCUT2D eigenvalue weighted by Crippen LogP contribution is 2.37. The van der Waals surface area contributed by atoms with E-state index >= 15 is 0 Å². The molecule has 8 heteroatoms. The van der Waals surface area contributed by atoms with E-state index in [4.69, 9.17) is 4.74 Å². The summed E-state index contributed by atoms with van der Waals surface area (Å²) in [6, 6.07) is 10.3. The molecule has 1 unspecified atom stereocenters. The van der Waals surface area contributed by atoms with Crippen LogP contribution in [0.25, 0.3) is 22.0 Å². The third-order valence-electron chi connectivity index (χ3n) is 5.40. The van der Waals surface area contributed by atoms with Crippen LogP contribution >= 0.6 is 0 Å². The van der Waals surface area contributed by atoms with E-state index in [1.807, 2.05) is 25.1 Å². The average Bonchev–Trinajstić information content (AvgIpc) is 2.74. The molecule has 1 atom stereocenters. The maximum absolute atomic E-state index is 15.0. The predicted molar refractivity (Wildman–Crippen MR) is 112 cm³/mol. The quantitative estimate of drug-likeness (QED) is 0.667. The Morgan fingerprint density at radius 1 is 1.30 bits per heavy atom. The highest BCUT2D eigenvalue weighted by atomic mass is 19.1. The lowest BCUT2D eigenvalue weighted by molar-refractivity contribution is 0.133. The highest BCUT2D eigenvalue weighted by molar-refractivity contribution is 6.01. The van der Waals surface area contributed by atoms with E-state index in [1.165, 1.54) is 11.0 Å². The normalized spacial score (nSPS) is 16.5. The molecule has 0 radical (unpaired) electrons. The lowest BCUT2D eigenvalue weighted by Gasteiger charge is -2.31. The Balaban J connectivity index is 1.77. The van der Waals surface area contributed by atoms with Gasteiger partial charge in [0.2, 0.25) is 0 Å². The fourth-order valence-electron chi connectivity index (χ4n) is 3.92. The number of carboxylic acid groups (broad SMARTS) is 1. The zero-order valence-electron chi connectivity index (χ0n) is 16.9. The maximum atomic E-state index is 15.0. The van der Waals surface area contributed by atoms with Crippen molar-refractivity contribution in [3.05, 3.63) is 47.8 Å². The number of nitrogens with one attached hydrogen (secondary N) is 1. The molecule has 3 aromatic rings. The molecule has 2 aromatic carbocycles. The molecule has 1 aromatic heterocycles. The van der Waals surface area contributed by atoms with E-state index in [1.54, 1.807) is 19.2 Å². The van der Waals surface area contributed by atoms with Crippen LogP contribution in [0.4, 0.5) is 15.0 Å². The number of rotatable bonds is 4. The van der Waals surface area contributed by atoms with Crippen molar-refractivity contribution in [2.75, 3.05) is 25.5 Å². The molecule has 1 aliphatic heterocycles. The number of aromatic nitrogens is 2. The van der Waals surface area contributed by atoms with E-state index in [2.05, 4.69) is 15.5 Å². The van der Waals surface area contributed by atoms with E-state index in [9.17, 15) is 14.3 Å². The van der Waals surface area contributed by atoms with Gasteiger partial charge in [0.15, 0.2) is 5.82 Å². The van der Waals surface area contributed by atoms with Crippen molar-refractivity contribution < 1.29 is 19.0 Å². The van der Waals surface area contributed by atoms with Gasteiger partial charge in [-0.3, -0.25) is 0 Å². The number of methoxy groups -OCH3 is 1. The smallest absolute Gasteiger partial charge is 0.407 e. The summed E-state index contributed by atoms with van der Waals surface area (Å²) >= 11 is 0. The third kappa shape index (κ3) is 3.72. The highest BCUT2D eigenvalue weighted by Gasteiger charge is 2.25. The number of ether oxygens (including phenoxy) is 1. The number of halogens is 1. The van der Waals surface area contributed by atoms with Gasteiger partial charge in [0.1, 0.15) is 17.3 Å². The summed E-state index contributed by atoms with van der Waals surface area (Å²) < 4.78 is 20.4. The van der Waals surface area contributed by atoms with Crippen LogP contribution in [0.5, 0.6) is 5.75 Å². The molecule has 1 amide bonds. The summed E-state index contributed by atoms with van der Waals surface area (Å²) in [5.41, 5.74) is 2.08. The Bertz CT molecular complexity index is 1110. The summed E-state index contributed by atoms with van der Waals surface area (Å²) in [5.74, 6) is 0.634. The standard InChI is InChI=1S/C22H23FN4O3/c1-13-8-9-15(18(11-13)30-2)20-19-16(6-3-7-17(19)23)21(26-25-20)24-14-5-4-10-27(12-14)22(28)29/h3,6-9,11,14H,4-5,10,12H2,1-2H3,(H,24,26)(H,28,29). The number of nitrogens with zero attached hydrogens (tertiary/aromatic N) is 3. The number of carbonyl (C=O) groups is 1. The monoisotopic (exact) mass is 410 g/mol. The number of aryl methyl sites for hydroxylation is 1. The molecule has 2 N–H and O–H groups in total. The fourth-order valence-corrected chi connectivity index (χ4v) is 3.92. The second kappa shape index (κ2) is 8.14. The summed E-state index contributed by atoms with van der Waals surface area (Å²) in [7, 11) is 1.57. The first-order valence-corrected chi connectivity index (χ1v) is 9.82. The summed E-state index contributed by atoms with van der Waals surface area (Å²) in [5, 5.41) is 22.2. The Labute approximate surface area is 173 Å². The predicted octanol–water partition coefficient (Wildman–Crippen LogP) is 4.31. The molecule has 0 saturated carbocycles. The fraction of sp³-hybridized carbons (Fsp3) is 0.318. The van der Waals surface area contributed by atoms with Gasteiger partial charge < -0.3 is 20.1 Å². The maximum Gasteiger partial charge on any atom is 0.407 e. The summed E-state index contributed by atoms with van der Waals surface area (Å²) in [4.78, 5) is 12.7. The first-order chi connectivity index (χ1) is 14.5. The van der Waals surface area contributed by atoms with Crippen LogP contribution in [0, 0.1) is 12.7 Å². The average molecular weight is 410 g/mol. The molecule has 0 spiro atoms. The molecule has 1 aliphatic rings. The van der Waals surface area contributed by atoms with E-state index in [-0.39, 0.29) is 6.04 Å². The number of hydrogen-bond acceptors (Lipinski definition) is 5. The van der Waals surface area contributed by atoms with Gasteiger partial charge in [0, 0.05) is 35.5 Å². The third-order valence-corrected chi connectivity index (χ3v) is 5.40. The van der Waals surface area contributed by atoms with Crippen molar-refractivity contribution in [3.8, 4) is 17.0 Å². The van der Waals surface area contributed by atoms with Crippen LogP contribution < -0.4 is 10.1 Å². The number of anilines is 1. The summed E-state index contributed by atoms with van der Waals surface area (Å²) in [6.45, 7) is 2.82. The first-order valence-electron chi connectivity index (χ1n) is 9.82. The molecule has 0 bridgehead atoms. The van der Waals surface area contributed by atoms with Crippen LogP contribution in [0.3, 0.4) is 0 Å². The Morgan fingerprint density at radius 2 is 2.13 bits per heavy atom. The lowest BCUT2D eigenvalue weighted by atomic mass is 10.0. The SMILES string of the molecule is COc1cc(C)ccc1-c1nnc(NC2CCCN(C(=O)O)C2)c2cccc(F)c12. The second-order valence-electron chi connectivity index (χ2n) is 7.48. The molecule has 1 saturated heterocycles. The van der Waals surface area contributed by atoms with Gasteiger partial charge in [-0.05, 0) is 43.5 Å². The lowest BCUT2D eigenvalue weighted by Crippen LogP contribution is -2.44. The van der Waals surface area contributed by atoms with Gasteiger partial charge in [0.05, 0.1) is 7.11 Å². The van der Waals surface area contributed by atoms with Gasteiger partial charge in [-0.2, -0.15) is 0 Å². The van der Waals surface area contributed by atoms with Crippen molar-refractivity contribution in [1.82, 2.24) is 15.1 Å². The van der Waals surface area contributed by atoms with Crippen molar-refractivity contribution in [1.29, 1.82) is 0 Å². The molecule has 0 aliphatic carbocycles. The van der Waals surface area contributed by atoms with Crippen molar-refractivity contribution in [2.45, 2.75) is 25.8 Å². The Kier molecular flexibility index (Phi) is 5.39. The van der Waals surface area contributed by atoms with Crippen LogP contribution in [0.1, 0.15) is 18.4 Å². The van der Waals surface area contributed by atoms with Gasteiger partial charge in [0.25, 0.3) is 0 Å². The first kappa shape index (κ1) is 19.9. The van der Waals surface area contributed by atoms with Crippen LogP contribution in [-0.4, -0.2) is 52.5 Å². The van der Waals surface area contributed by atoms with Crippen molar-refractivity contribution in [2.24, 2.45) is 0 Å². The van der Waals surface area contributed by atoms with Crippen LogP contribution in [-0.2, 0) is 0 Å². The number of likely N-dealkylation sites (tertiary alicyclic amines) is 1. The van der Waals surface area contributed by atoms with Gasteiger partial charge in [-0.25, -0.2) is 9.18 Å². The number of hydrogen-bond donors (Lipinski definition) is 2. The van der Waals surface area contributed by atoms with E-state index < -0.39 is 11.9 Å².